The zero-order valence-electron chi connectivity index (χ0n) is 11.9. The summed E-state index contributed by atoms with van der Waals surface area (Å²) in [7, 11) is 1.76. The van der Waals surface area contributed by atoms with Gasteiger partial charge in [-0.3, -0.25) is 0 Å². The molecule has 0 spiro atoms. The van der Waals surface area contributed by atoms with Gasteiger partial charge in [-0.2, -0.15) is 0 Å². The van der Waals surface area contributed by atoms with E-state index >= 15 is 0 Å². The maximum Gasteiger partial charge on any atom is 0.0637 e. The molecule has 0 heterocycles. The highest BCUT2D eigenvalue weighted by atomic mass is 32.2. The Labute approximate surface area is 116 Å². The van der Waals surface area contributed by atoms with Gasteiger partial charge in [-0.05, 0) is 44.5 Å². The third-order valence-electron chi connectivity index (χ3n) is 2.97. The van der Waals surface area contributed by atoms with Gasteiger partial charge in [0.15, 0.2) is 0 Å². The Morgan fingerprint density at radius 2 is 1.89 bits per heavy atom. The maximum atomic E-state index is 5.25. The fourth-order valence-electron chi connectivity index (χ4n) is 1.61. The molecule has 0 bridgehead atoms. The molecule has 102 valence electrons. The average Bonchev–Trinajstić information content (AvgIpc) is 2.42. The number of nitrogens with one attached hydrogen (secondary N) is 1. The minimum atomic E-state index is 0.305. The smallest absolute Gasteiger partial charge is 0.0637 e. The van der Waals surface area contributed by atoms with Gasteiger partial charge in [-0.1, -0.05) is 19.1 Å². The number of rotatable bonds is 8. The average molecular weight is 267 g/mol. The van der Waals surface area contributed by atoms with Crippen molar-refractivity contribution in [2.24, 2.45) is 0 Å². The molecule has 0 aliphatic rings. The highest BCUT2D eigenvalue weighted by Gasteiger charge is 2.05. The Balaban J connectivity index is 2.46. The van der Waals surface area contributed by atoms with Crippen LogP contribution in [0.3, 0.4) is 0 Å². The van der Waals surface area contributed by atoms with E-state index < -0.39 is 0 Å². The molecule has 1 aromatic rings. The minimum Gasteiger partial charge on any atom is -0.381 e. The van der Waals surface area contributed by atoms with Crippen LogP contribution in [-0.4, -0.2) is 25.5 Å². The summed E-state index contributed by atoms with van der Waals surface area (Å²) >= 11 is 1.85. The highest BCUT2D eigenvalue weighted by molar-refractivity contribution is 7.99. The van der Waals surface area contributed by atoms with E-state index in [0.29, 0.717) is 12.1 Å². The highest BCUT2D eigenvalue weighted by Crippen LogP contribution is 2.22. The van der Waals surface area contributed by atoms with Gasteiger partial charge in [-0.25, -0.2) is 0 Å². The molecule has 1 N–H and O–H groups in total. The van der Waals surface area contributed by atoms with Crippen LogP contribution >= 0.6 is 11.8 Å². The predicted octanol–water partition coefficient (Wildman–Crippen LogP) is 3.87. The summed E-state index contributed by atoms with van der Waals surface area (Å²) in [6, 6.07) is 9.26. The van der Waals surface area contributed by atoms with E-state index in [-0.39, 0.29) is 0 Å². The topological polar surface area (TPSA) is 21.3 Å². The van der Waals surface area contributed by atoms with Crippen LogP contribution in [-0.2, 0) is 4.74 Å². The van der Waals surface area contributed by atoms with Crippen molar-refractivity contribution in [3.05, 3.63) is 29.8 Å². The molecule has 1 aromatic carbocycles. The van der Waals surface area contributed by atoms with Crippen LogP contribution in [0.25, 0.3) is 0 Å². The van der Waals surface area contributed by atoms with Gasteiger partial charge in [0.05, 0.1) is 6.10 Å². The first-order valence-corrected chi connectivity index (χ1v) is 7.64. The van der Waals surface area contributed by atoms with Crippen molar-refractivity contribution < 1.29 is 4.74 Å². The quantitative estimate of drug-likeness (QED) is 0.722. The number of thioether (sulfide) groups is 1. The number of ether oxygens (including phenoxy) is 1. The van der Waals surface area contributed by atoms with E-state index in [0.717, 1.165) is 12.3 Å². The van der Waals surface area contributed by atoms with Gasteiger partial charge >= 0.3 is 0 Å². The Morgan fingerprint density at radius 3 is 2.44 bits per heavy atom. The predicted molar refractivity (Wildman–Crippen MR) is 80.3 cm³/mol. The number of methoxy groups -OCH3 is 1. The van der Waals surface area contributed by atoms with E-state index in [2.05, 4.69) is 50.4 Å². The third kappa shape index (κ3) is 5.42. The van der Waals surface area contributed by atoms with E-state index in [9.17, 15) is 0 Å². The van der Waals surface area contributed by atoms with Gasteiger partial charge in [0.2, 0.25) is 0 Å². The summed E-state index contributed by atoms with van der Waals surface area (Å²) in [5, 5.41) is 3.50. The van der Waals surface area contributed by atoms with Crippen molar-refractivity contribution in [1.29, 1.82) is 0 Å². The summed E-state index contributed by atoms with van der Waals surface area (Å²) in [4.78, 5) is 1.31. The lowest BCUT2D eigenvalue weighted by molar-refractivity contribution is 0.138. The Hall–Kier alpha value is -0.510. The van der Waals surface area contributed by atoms with Crippen molar-refractivity contribution in [2.75, 3.05) is 19.4 Å². The van der Waals surface area contributed by atoms with Gasteiger partial charge in [0.1, 0.15) is 0 Å². The minimum absolute atomic E-state index is 0.305. The van der Waals surface area contributed by atoms with E-state index in [1.54, 1.807) is 7.11 Å². The molecule has 0 aliphatic carbocycles. The molecule has 0 amide bonds. The van der Waals surface area contributed by atoms with Crippen molar-refractivity contribution in [2.45, 2.75) is 44.2 Å². The summed E-state index contributed by atoms with van der Waals surface area (Å²) in [6.45, 7) is 7.57. The largest absolute Gasteiger partial charge is 0.381 e. The first-order chi connectivity index (χ1) is 8.67. The first-order valence-electron chi connectivity index (χ1n) is 6.66. The molecule has 2 atom stereocenters. The van der Waals surface area contributed by atoms with Crippen LogP contribution < -0.4 is 5.32 Å². The van der Waals surface area contributed by atoms with Crippen LogP contribution in [0.1, 0.15) is 38.8 Å². The zero-order valence-corrected chi connectivity index (χ0v) is 12.7. The lowest BCUT2D eigenvalue weighted by Crippen LogP contribution is -2.19. The maximum absolute atomic E-state index is 5.25. The Bertz CT molecular complexity index is 326. The molecule has 0 aliphatic heterocycles. The molecule has 2 nitrogen and oxygen atoms in total. The standard InChI is InChI=1S/C15H25NOS/c1-5-10-16-13(3)14-6-8-15(9-7-14)18-11-12(2)17-4/h6-9,12-13,16H,5,10-11H2,1-4H3. The van der Waals surface area contributed by atoms with E-state index in [1.807, 2.05) is 11.8 Å². The fraction of sp³-hybridized carbons (Fsp3) is 0.600. The number of benzene rings is 1. The second-order valence-electron chi connectivity index (χ2n) is 4.60. The molecular weight excluding hydrogens is 242 g/mol. The Morgan fingerprint density at radius 1 is 1.22 bits per heavy atom. The SMILES string of the molecule is CCCNC(C)c1ccc(SCC(C)OC)cc1. The van der Waals surface area contributed by atoms with Crippen molar-refractivity contribution >= 4 is 11.8 Å². The molecule has 0 aromatic heterocycles. The summed E-state index contributed by atoms with van der Waals surface area (Å²) < 4.78 is 5.25. The molecule has 3 heteroatoms. The fourth-order valence-corrected chi connectivity index (χ4v) is 2.50. The van der Waals surface area contributed by atoms with Crippen molar-refractivity contribution in [3.63, 3.8) is 0 Å². The normalized spacial score (nSPS) is 14.4. The number of hydrogen-bond donors (Lipinski definition) is 1. The summed E-state index contributed by atoms with van der Waals surface area (Å²) in [5.74, 6) is 0.999. The molecule has 0 saturated carbocycles. The van der Waals surface area contributed by atoms with Crippen LogP contribution in [0.4, 0.5) is 0 Å². The second-order valence-corrected chi connectivity index (χ2v) is 5.70. The third-order valence-corrected chi connectivity index (χ3v) is 4.21. The van der Waals surface area contributed by atoms with Crippen molar-refractivity contribution in [3.8, 4) is 0 Å². The molecule has 0 saturated heterocycles. The van der Waals surface area contributed by atoms with Crippen LogP contribution in [0.2, 0.25) is 0 Å². The van der Waals surface area contributed by atoms with Crippen LogP contribution in [0, 0.1) is 0 Å². The van der Waals surface area contributed by atoms with Crippen LogP contribution in [0.15, 0.2) is 29.2 Å². The molecule has 0 radical (unpaired) electrons. The lowest BCUT2D eigenvalue weighted by Gasteiger charge is -2.14. The lowest BCUT2D eigenvalue weighted by atomic mass is 10.1. The number of hydrogen-bond acceptors (Lipinski definition) is 3. The van der Waals surface area contributed by atoms with Crippen molar-refractivity contribution in [1.82, 2.24) is 5.32 Å². The van der Waals surface area contributed by atoms with E-state index in [1.165, 1.54) is 16.9 Å². The zero-order chi connectivity index (χ0) is 13.4. The summed E-state index contributed by atoms with van der Waals surface area (Å²) in [5.41, 5.74) is 1.35. The van der Waals surface area contributed by atoms with Crippen LogP contribution in [0.5, 0.6) is 0 Å². The van der Waals surface area contributed by atoms with Gasteiger partial charge in [-0.15, -0.1) is 11.8 Å². The molecule has 2 unspecified atom stereocenters. The molecule has 1 rings (SSSR count). The van der Waals surface area contributed by atoms with Gasteiger partial charge < -0.3 is 10.1 Å². The second kappa shape index (κ2) is 8.57. The first kappa shape index (κ1) is 15.5. The Kier molecular flexibility index (Phi) is 7.40. The van der Waals surface area contributed by atoms with Gasteiger partial charge in [0, 0.05) is 23.8 Å². The summed E-state index contributed by atoms with van der Waals surface area (Å²) in [6.07, 6.45) is 1.48. The molecule has 0 fully saturated rings. The monoisotopic (exact) mass is 267 g/mol. The van der Waals surface area contributed by atoms with E-state index in [4.69, 9.17) is 4.74 Å². The molecular formula is C15H25NOS. The molecule has 18 heavy (non-hydrogen) atoms. The van der Waals surface area contributed by atoms with Gasteiger partial charge in [0.25, 0.3) is 0 Å².